The number of amides is 1. The van der Waals surface area contributed by atoms with Gasteiger partial charge in [0.1, 0.15) is 0 Å². The molecule has 9 heteroatoms. The second kappa shape index (κ2) is 9.33. The van der Waals surface area contributed by atoms with E-state index in [2.05, 4.69) is 66.7 Å². The van der Waals surface area contributed by atoms with Gasteiger partial charge in [-0.3, -0.25) is 4.79 Å². The Balaban J connectivity index is 1.41. The van der Waals surface area contributed by atoms with E-state index in [1.165, 1.54) is 0 Å². The van der Waals surface area contributed by atoms with Gasteiger partial charge in [0, 0.05) is 66.3 Å². The van der Waals surface area contributed by atoms with Crippen molar-refractivity contribution in [3.8, 4) is 0 Å². The van der Waals surface area contributed by atoms with Gasteiger partial charge in [-0.1, -0.05) is 30.3 Å². The number of nitrogens with zero attached hydrogens (tertiary/aromatic N) is 5. The molecule has 3 aromatic heterocycles. The minimum Gasteiger partial charge on any atom is -0.378 e. The van der Waals surface area contributed by atoms with Crippen molar-refractivity contribution in [3.05, 3.63) is 82.8 Å². The number of rotatable bonds is 7. The predicted octanol–water partition coefficient (Wildman–Crippen LogP) is 3.36. The summed E-state index contributed by atoms with van der Waals surface area (Å²) in [5.41, 5.74) is 12.6. The van der Waals surface area contributed by atoms with Gasteiger partial charge in [0.15, 0.2) is 0 Å². The third kappa shape index (κ3) is 4.35. The lowest BCUT2D eigenvalue weighted by molar-refractivity contribution is -0.120. The number of hydrogen-bond acceptors (Lipinski definition) is 6. The molecule has 0 aliphatic heterocycles. The average Bonchev–Trinajstić information content (AvgIpc) is 3.45. The maximum Gasteiger partial charge on any atom is 0.254 e. The molecule has 5 rings (SSSR count). The van der Waals surface area contributed by atoms with Crippen molar-refractivity contribution in [1.29, 1.82) is 0 Å². The standard InChI is InChI=1S/C27H30N8O/c1-16-21(17(2)35-27(31-16)32-26(28)33-35)13-25(36)30-14-22(18-9-11-19(12-10-18)34(3)4)23-15-29-24-8-6-5-7-20(23)24/h5-12,15,22,29H,13-14H2,1-4H3,(H2,28,33)(H,30,36). The van der Waals surface area contributed by atoms with Gasteiger partial charge in [-0.05, 0) is 43.2 Å². The van der Waals surface area contributed by atoms with E-state index in [-0.39, 0.29) is 24.2 Å². The number of nitrogens with one attached hydrogen (secondary N) is 2. The number of anilines is 2. The Labute approximate surface area is 209 Å². The van der Waals surface area contributed by atoms with E-state index in [4.69, 9.17) is 5.73 Å². The van der Waals surface area contributed by atoms with Crippen LogP contribution < -0.4 is 16.0 Å². The molecule has 0 saturated carbocycles. The summed E-state index contributed by atoms with van der Waals surface area (Å²) in [5.74, 6) is 0.505. The van der Waals surface area contributed by atoms with Gasteiger partial charge in [-0.2, -0.15) is 9.50 Å². The van der Waals surface area contributed by atoms with Gasteiger partial charge in [0.05, 0.1) is 6.42 Å². The molecule has 3 heterocycles. The van der Waals surface area contributed by atoms with Crippen molar-refractivity contribution < 1.29 is 4.79 Å². The smallest absolute Gasteiger partial charge is 0.254 e. The average molecular weight is 483 g/mol. The van der Waals surface area contributed by atoms with Crippen LogP contribution in [-0.4, -0.2) is 51.1 Å². The van der Waals surface area contributed by atoms with Crippen molar-refractivity contribution in [1.82, 2.24) is 29.9 Å². The molecule has 0 saturated heterocycles. The lowest BCUT2D eigenvalue weighted by Crippen LogP contribution is -2.31. The molecular formula is C27H30N8O. The van der Waals surface area contributed by atoms with Crippen LogP contribution in [0.1, 0.15) is 34.0 Å². The first kappa shape index (κ1) is 23.3. The van der Waals surface area contributed by atoms with E-state index in [9.17, 15) is 4.79 Å². The van der Waals surface area contributed by atoms with E-state index < -0.39 is 0 Å². The Morgan fingerprint density at radius 2 is 1.86 bits per heavy atom. The fourth-order valence-electron chi connectivity index (χ4n) is 4.71. The zero-order valence-electron chi connectivity index (χ0n) is 20.9. The second-order valence-electron chi connectivity index (χ2n) is 9.25. The minimum absolute atomic E-state index is 0.0146. The van der Waals surface area contributed by atoms with Crippen LogP contribution in [0.5, 0.6) is 0 Å². The summed E-state index contributed by atoms with van der Waals surface area (Å²) < 4.78 is 1.59. The first-order chi connectivity index (χ1) is 17.3. The normalized spacial score (nSPS) is 12.2. The fourth-order valence-corrected chi connectivity index (χ4v) is 4.71. The molecule has 9 nitrogen and oxygen atoms in total. The molecule has 0 spiro atoms. The maximum atomic E-state index is 13.1. The third-order valence-electron chi connectivity index (χ3n) is 6.71. The van der Waals surface area contributed by atoms with Crippen molar-refractivity contribution in [2.45, 2.75) is 26.2 Å². The van der Waals surface area contributed by atoms with Gasteiger partial charge < -0.3 is 20.9 Å². The van der Waals surface area contributed by atoms with E-state index in [1.54, 1.807) is 4.52 Å². The van der Waals surface area contributed by atoms with Gasteiger partial charge in [0.25, 0.3) is 5.78 Å². The number of nitrogens with two attached hydrogens (primary N) is 1. The first-order valence-electron chi connectivity index (χ1n) is 11.9. The molecule has 4 N–H and O–H groups in total. The largest absolute Gasteiger partial charge is 0.378 e. The summed E-state index contributed by atoms with van der Waals surface area (Å²) >= 11 is 0. The Bertz CT molecular complexity index is 1550. The molecule has 1 atom stereocenters. The molecule has 184 valence electrons. The molecular weight excluding hydrogens is 452 g/mol. The summed E-state index contributed by atoms with van der Waals surface area (Å²) in [7, 11) is 4.05. The number of benzene rings is 2. The van der Waals surface area contributed by atoms with Crippen LogP contribution in [0.15, 0.2) is 54.7 Å². The van der Waals surface area contributed by atoms with Crippen LogP contribution in [0.2, 0.25) is 0 Å². The van der Waals surface area contributed by atoms with Crippen LogP contribution >= 0.6 is 0 Å². The number of carbonyl (C=O) groups is 1. The molecule has 2 aromatic carbocycles. The van der Waals surface area contributed by atoms with Crippen LogP contribution in [0, 0.1) is 13.8 Å². The monoisotopic (exact) mass is 482 g/mol. The quantitative estimate of drug-likeness (QED) is 0.327. The molecule has 0 aliphatic rings. The van der Waals surface area contributed by atoms with Crippen molar-refractivity contribution >= 4 is 34.2 Å². The fraction of sp³-hybridized carbons (Fsp3) is 0.259. The number of H-pyrrole nitrogens is 1. The number of aromatic amines is 1. The van der Waals surface area contributed by atoms with E-state index in [0.717, 1.165) is 44.7 Å². The highest BCUT2D eigenvalue weighted by Gasteiger charge is 2.21. The predicted molar refractivity (Wildman–Crippen MR) is 142 cm³/mol. The number of aryl methyl sites for hydroxylation is 2. The first-order valence-corrected chi connectivity index (χ1v) is 11.9. The van der Waals surface area contributed by atoms with Crippen LogP contribution in [0.3, 0.4) is 0 Å². The summed E-state index contributed by atoms with van der Waals surface area (Å²) in [5, 5.41) is 8.52. The highest BCUT2D eigenvalue weighted by atomic mass is 16.1. The number of hydrogen-bond donors (Lipinski definition) is 3. The molecule has 0 aliphatic carbocycles. The van der Waals surface area contributed by atoms with Crippen LogP contribution in [-0.2, 0) is 11.2 Å². The highest BCUT2D eigenvalue weighted by molar-refractivity contribution is 5.84. The topological polar surface area (TPSA) is 117 Å². The lowest BCUT2D eigenvalue weighted by Gasteiger charge is -2.20. The molecule has 0 radical (unpaired) electrons. The van der Waals surface area contributed by atoms with Gasteiger partial charge in [-0.15, -0.1) is 5.10 Å². The van der Waals surface area contributed by atoms with Gasteiger partial charge >= 0.3 is 0 Å². The maximum absolute atomic E-state index is 13.1. The number of carbonyl (C=O) groups excluding carboxylic acids is 1. The molecule has 0 bridgehead atoms. The van der Waals surface area contributed by atoms with E-state index in [0.29, 0.717) is 12.3 Å². The van der Waals surface area contributed by atoms with Crippen molar-refractivity contribution in [2.24, 2.45) is 0 Å². The summed E-state index contributed by atoms with van der Waals surface area (Å²) in [4.78, 5) is 27.2. The molecule has 1 amide bonds. The summed E-state index contributed by atoms with van der Waals surface area (Å²) in [6.45, 7) is 4.24. The Morgan fingerprint density at radius 1 is 1.11 bits per heavy atom. The van der Waals surface area contributed by atoms with Crippen molar-refractivity contribution in [2.75, 3.05) is 31.3 Å². The minimum atomic E-state index is -0.0785. The van der Waals surface area contributed by atoms with Crippen LogP contribution in [0.25, 0.3) is 16.7 Å². The van der Waals surface area contributed by atoms with Crippen LogP contribution in [0.4, 0.5) is 11.6 Å². The molecule has 5 aromatic rings. The SMILES string of the molecule is Cc1nc2nc(N)nn2c(C)c1CC(=O)NCC(c1ccc(N(C)C)cc1)c1c[nH]c2ccccc12. The zero-order valence-corrected chi connectivity index (χ0v) is 20.9. The van der Waals surface area contributed by atoms with Crippen molar-refractivity contribution in [3.63, 3.8) is 0 Å². The number of para-hydroxylation sites is 1. The summed E-state index contributed by atoms with van der Waals surface area (Å²) in [6.07, 6.45) is 2.24. The Kier molecular flexibility index (Phi) is 6.05. The van der Waals surface area contributed by atoms with Gasteiger partial charge in [-0.25, -0.2) is 4.98 Å². The van der Waals surface area contributed by atoms with E-state index in [1.807, 2.05) is 46.3 Å². The second-order valence-corrected chi connectivity index (χ2v) is 9.25. The van der Waals surface area contributed by atoms with E-state index >= 15 is 0 Å². The number of nitrogen functional groups attached to an aromatic ring is 1. The molecule has 36 heavy (non-hydrogen) atoms. The Morgan fingerprint density at radius 3 is 2.61 bits per heavy atom. The molecule has 0 fully saturated rings. The summed E-state index contributed by atoms with van der Waals surface area (Å²) in [6, 6.07) is 16.7. The Hall–Kier alpha value is -4.40. The third-order valence-corrected chi connectivity index (χ3v) is 6.71. The lowest BCUT2D eigenvalue weighted by atomic mass is 9.90. The zero-order chi connectivity index (χ0) is 25.4. The highest BCUT2D eigenvalue weighted by Crippen LogP contribution is 2.31. The van der Waals surface area contributed by atoms with Gasteiger partial charge in [0.2, 0.25) is 11.9 Å². The number of fused-ring (bicyclic) bond motifs is 2. The molecule has 1 unspecified atom stereocenters. The number of aromatic nitrogens is 5.